The number of alkyl halides is 1. The number of amides is 1. The maximum atomic E-state index is 12.1. The molecule has 1 aromatic rings. The standard InChI is InChI=1S/C12H14Cl2N2O/c13-8-12(4-1-2-5-12)16-11(17)9-3-6-15-7-10(9)14/h3,6-7H,1-2,4-5,8H2,(H,16,17). The molecule has 0 saturated heterocycles. The van der Waals surface area contributed by atoms with E-state index in [9.17, 15) is 4.79 Å². The molecule has 0 bridgehead atoms. The zero-order valence-electron chi connectivity index (χ0n) is 9.38. The first kappa shape index (κ1) is 12.7. The van der Waals surface area contributed by atoms with Crippen LogP contribution in [0.3, 0.4) is 0 Å². The van der Waals surface area contributed by atoms with Gasteiger partial charge in [0, 0.05) is 18.3 Å². The van der Waals surface area contributed by atoms with E-state index in [0.29, 0.717) is 16.5 Å². The van der Waals surface area contributed by atoms with Crippen LogP contribution in [0, 0.1) is 0 Å². The Hall–Kier alpha value is -0.800. The van der Waals surface area contributed by atoms with Crippen LogP contribution in [-0.2, 0) is 0 Å². The van der Waals surface area contributed by atoms with Gasteiger partial charge >= 0.3 is 0 Å². The lowest BCUT2D eigenvalue weighted by molar-refractivity contribution is 0.0909. The molecule has 3 nitrogen and oxygen atoms in total. The maximum Gasteiger partial charge on any atom is 0.253 e. The maximum absolute atomic E-state index is 12.1. The number of carbonyl (C=O) groups is 1. The zero-order chi connectivity index (χ0) is 12.3. The molecule has 1 fully saturated rings. The predicted molar refractivity (Wildman–Crippen MR) is 68.6 cm³/mol. The van der Waals surface area contributed by atoms with Crippen LogP contribution in [0.15, 0.2) is 18.5 Å². The molecule has 1 aliphatic carbocycles. The quantitative estimate of drug-likeness (QED) is 0.860. The van der Waals surface area contributed by atoms with Gasteiger partial charge in [0.1, 0.15) is 0 Å². The summed E-state index contributed by atoms with van der Waals surface area (Å²) in [6.07, 6.45) is 7.12. The van der Waals surface area contributed by atoms with Crippen LogP contribution in [0.4, 0.5) is 0 Å². The molecule has 0 spiro atoms. The molecule has 1 aliphatic rings. The van der Waals surface area contributed by atoms with Gasteiger partial charge in [-0.1, -0.05) is 24.4 Å². The number of rotatable bonds is 3. The van der Waals surface area contributed by atoms with Crippen LogP contribution in [0.25, 0.3) is 0 Å². The van der Waals surface area contributed by atoms with Crippen molar-refractivity contribution in [1.82, 2.24) is 10.3 Å². The summed E-state index contributed by atoms with van der Waals surface area (Å²) >= 11 is 11.9. The molecular weight excluding hydrogens is 259 g/mol. The van der Waals surface area contributed by atoms with Crippen LogP contribution in [0.1, 0.15) is 36.0 Å². The van der Waals surface area contributed by atoms with Gasteiger partial charge in [0.15, 0.2) is 0 Å². The van der Waals surface area contributed by atoms with Gasteiger partial charge in [-0.05, 0) is 18.9 Å². The SMILES string of the molecule is O=C(NC1(CCl)CCCC1)c1ccncc1Cl. The van der Waals surface area contributed by atoms with Crippen molar-refractivity contribution in [1.29, 1.82) is 0 Å². The number of carbonyl (C=O) groups excluding carboxylic acids is 1. The van der Waals surface area contributed by atoms with E-state index in [1.807, 2.05) is 0 Å². The third-order valence-electron chi connectivity index (χ3n) is 3.21. The molecule has 2 rings (SSSR count). The lowest BCUT2D eigenvalue weighted by atomic mass is 10.00. The smallest absolute Gasteiger partial charge is 0.253 e. The second kappa shape index (κ2) is 5.23. The summed E-state index contributed by atoms with van der Waals surface area (Å²) in [5.41, 5.74) is 0.198. The molecule has 17 heavy (non-hydrogen) atoms. The highest BCUT2D eigenvalue weighted by atomic mass is 35.5. The average Bonchev–Trinajstić information content (AvgIpc) is 2.79. The van der Waals surface area contributed by atoms with Crippen molar-refractivity contribution in [3.8, 4) is 0 Å². The van der Waals surface area contributed by atoms with Gasteiger partial charge in [-0.15, -0.1) is 11.6 Å². The van der Waals surface area contributed by atoms with Gasteiger partial charge in [-0.2, -0.15) is 0 Å². The van der Waals surface area contributed by atoms with Crippen molar-refractivity contribution in [3.05, 3.63) is 29.0 Å². The zero-order valence-corrected chi connectivity index (χ0v) is 10.9. The van der Waals surface area contributed by atoms with E-state index in [0.717, 1.165) is 25.7 Å². The first-order valence-corrected chi connectivity index (χ1v) is 6.56. The minimum absolute atomic E-state index is 0.167. The fraction of sp³-hybridized carbons (Fsp3) is 0.500. The Labute approximate surface area is 111 Å². The van der Waals surface area contributed by atoms with Crippen LogP contribution >= 0.6 is 23.2 Å². The monoisotopic (exact) mass is 272 g/mol. The number of pyridine rings is 1. The molecule has 1 saturated carbocycles. The van der Waals surface area contributed by atoms with Crippen molar-refractivity contribution in [3.63, 3.8) is 0 Å². The van der Waals surface area contributed by atoms with E-state index in [2.05, 4.69) is 10.3 Å². The summed E-state index contributed by atoms with van der Waals surface area (Å²) in [5.74, 6) is 0.279. The fourth-order valence-corrected chi connectivity index (χ4v) is 2.75. The van der Waals surface area contributed by atoms with Crippen molar-refractivity contribution in [2.24, 2.45) is 0 Å². The first-order valence-electron chi connectivity index (χ1n) is 5.65. The fourth-order valence-electron chi connectivity index (χ4n) is 2.21. The molecule has 92 valence electrons. The van der Waals surface area contributed by atoms with Gasteiger partial charge in [0.2, 0.25) is 0 Å². The molecule has 0 aliphatic heterocycles. The summed E-state index contributed by atoms with van der Waals surface area (Å²) in [7, 11) is 0. The molecule has 0 radical (unpaired) electrons. The lowest BCUT2D eigenvalue weighted by Gasteiger charge is -2.28. The van der Waals surface area contributed by atoms with Crippen LogP contribution in [-0.4, -0.2) is 22.3 Å². The Morgan fingerprint density at radius 1 is 1.47 bits per heavy atom. The number of aromatic nitrogens is 1. The molecule has 1 heterocycles. The van der Waals surface area contributed by atoms with Gasteiger partial charge in [0.25, 0.3) is 5.91 Å². The Kier molecular flexibility index (Phi) is 3.89. The highest BCUT2D eigenvalue weighted by Gasteiger charge is 2.34. The Bertz CT molecular complexity index is 417. The van der Waals surface area contributed by atoms with E-state index in [1.54, 1.807) is 12.3 Å². The number of halogens is 2. The summed E-state index contributed by atoms with van der Waals surface area (Å²) in [6.45, 7) is 0. The van der Waals surface area contributed by atoms with Crippen LogP contribution < -0.4 is 5.32 Å². The molecule has 0 aromatic carbocycles. The second-order valence-corrected chi connectivity index (χ2v) is 5.11. The number of hydrogen-bond acceptors (Lipinski definition) is 2. The molecule has 5 heteroatoms. The number of nitrogens with one attached hydrogen (secondary N) is 1. The van der Waals surface area contributed by atoms with Gasteiger partial charge in [0.05, 0.1) is 16.1 Å². The first-order chi connectivity index (χ1) is 8.17. The second-order valence-electron chi connectivity index (χ2n) is 4.43. The summed E-state index contributed by atoms with van der Waals surface area (Å²) in [4.78, 5) is 16.0. The largest absolute Gasteiger partial charge is 0.345 e. The van der Waals surface area contributed by atoms with E-state index >= 15 is 0 Å². The van der Waals surface area contributed by atoms with Gasteiger partial charge < -0.3 is 5.32 Å². The lowest BCUT2D eigenvalue weighted by Crippen LogP contribution is -2.47. The predicted octanol–water partition coefficient (Wildman–Crippen LogP) is 3.02. The topological polar surface area (TPSA) is 42.0 Å². The normalized spacial score (nSPS) is 18.0. The van der Waals surface area contributed by atoms with Crippen LogP contribution in [0.5, 0.6) is 0 Å². The number of hydrogen-bond donors (Lipinski definition) is 1. The summed E-state index contributed by atoms with van der Waals surface area (Å²) in [6, 6.07) is 1.62. The van der Waals surface area contributed by atoms with Gasteiger partial charge in [-0.3, -0.25) is 9.78 Å². The summed E-state index contributed by atoms with van der Waals surface area (Å²) in [5, 5.41) is 3.38. The molecular formula is C12H14Cl2N2O. The van der Waals surface area contributed by atoms with Crippen LogP contribution in [0.2, 0.25) is 5.02 Å². The third-order valence-corrected chi connectivity index (χ3v) is 4.03. The van der Waals surface area contributed by atoms with Crippen molar-refractivity contribution < 1.29 is 4.79 Å². The van der Waals surface area contributed by atoms with E-state index < -0.39 is 0 Å². The number of nitrogens with zero attached hydrogens (tertiary/aromatic N) is 1. The molecule has 1 N–H and O–H groups in total. The van der Waals surface area contributed by atoms with Crippen molar-refractivity contribution in [2.75, 3.05) is 5.88 Å². The van der Waals surface area contributed by atoms with E-state index in [4.69, 9.17) is 23.2 Å². The van der Waals surface area contributed by atoms with Crippen molar-refractivity contribution >= 4 is 29.1 Å². The highest BCUT2D eigenvalue weighted by Crippen LogP contribution is 2.31. The Morgan fingerprint density at radius 3 is 2.76 bits per heavy atom. The average molecular weight is 273 g/mol. The highest BCUT2D eigenvalue weighted by molar-refractivity contribution is 6.33. The summed E-state index contributed by atoms with van der Waals surface area (Å²) < 4.78 is 0. The Balaban J connectivity index is 2.14. The van der Waals surface area contributed by atoms with Crippen molar-refractivity contribution in [2.45, 2.75) is 31.2 Å². The minimum Gasteiger partial charge on any atom is -0.345 e. The minimum atomic E-state index is -0.259. The molecule has 0 unspecified atom stereocenters. The molecule has 1 aromatic heterocycles. The molecule has 1 amide bonds. The van der Waals surface area contributed by atoms with E-state index in [-0.39, 0.29) is 11.4 Å². The third kappa shape index (κ3) is 2.72. The Morgan fingerprint density at radius 2 is 2.18 bits per heavy atom. The van der Waals surface area contributed by atoms with Gasteiger partial charge in [-0.25, -0.2) is 0 Å². The molecule has 0 atom stereocenters. The van der Waals surface area contributed by atoms with E-state index in [1.165, 1.54) is 6.20 Å².